The molecule has 0 spiro atoms. The maximum Gasteiger partial charge on any atom is 0.201 e. The second kappa shape index (κ2) is 5.21. The molecule has 1 aromatic carbocycles. The lowest BCUT2D eigenvalue weighted by Gasteiger charge is -2.14. The molecule has 3 rings (SSSR count). The maximum atomic E-state index is 6.04. The summed E-state index contributed by atoms with van der Waals surface area (Å²) < 4.78 is 2.14. The van der Waals surface area contributed by atoms with Crippen LogP contribution in [0.2, 0.25) is 0 Å². The third-order valence-corrected chi connectivity index (χ3v) is 3.99. The maximum absolute atomic E-state index is 6.04. The van der Waals surface area contributed by atoms with Gasteiger partial charge in [0, 0.05) is 6.54 Å². The second-order valence-corrected chi connectivity index (χ2v) is 5.52. The van der Waals surface area contributed by atoms with Gasteiger partial charge in [0.1, 0.15) is 0 Å². The molecule has 0 bridgehead atoms. The molecule has 2 aromatic rings. The van der Waals surface area contributed by atoms with Crippen LogP contribution in [0.3, 0.4) is 0 Å². The van der Waals surface area contributed by atoms with E-state index in [1.54, 1.807) is 0 Å². The van der Waals surface area contributed by atoms with E-state index in [1.165, 1.54) is 38.0 Å². The summed E-state index contributed by atoms with van der Waals surface area (Å²) in [7, 11) is 0. The van der Waals surface area contributed by atoms with Crippen molar-refractivity contribution in [2.24, 2.45) is 0 Å². The normalized spacial score (nSPS) is 16.5. The van der Waals surface area contributed by atoms with E-state index in [2.05, 4.69) is 39.6 Å². The summed E-state index contributed by atoms with van der Waals surface area (Å²) in [4.78, 5) is 6.99. The summed E-state index contributed by atoms with van der Waals surface area (Å²) >= 11 is 0. The molecule has 1 fully saturated rings. The average molecular weight is 258 g/mol. The van der Waals surface area contributed by atoms with Gasteiger partial charge in [-0.2, -0.15) is 0 Å². The van der Waals surface area contributed by atoms with Crippen LogP contribution >= 0.6 is 0 Å². The van der Waals surface area contributed by atoms with Gasteiger partial charge in [-0.25, -0.2) is 4.98 Å². The van der Waals surface area contributed by atoms with Gasteiger partial charge in [0.05, 0.1) is 11.0 Å². The highest BCUT2D eigenvalue weighted by Gasteiger charge is 2.12. The molecule has 102 valence electrons. The molecule has 2 heterocycles. The van der Waals surface area contributed by atoms with E-state index >= 15 is 0 Å². The van der Waals surface area contributed by atoms with Crippen molar-refractivity contribution in [2.45, 2.75) is 32.7 Å². The van der Waals surface area contributed by atoms with Crippen molar-refractivity contribution in [3.63, 3.8) is 0 Å². The highest BCUT2D eigenvalue weighted by molar-refractivity contribution is 5.79. The Hall–Kier alpha value is -1.55. The average Bonchev–Trinajstić information content (AvgIpc) is 2.98. The van der Waals surface area contributed by atoms with Crippen LogP contribution in [-0.4, -0.2) is 34.1 Å². The van der Waals surface area contributed by atoms with Gasteiger partial charge in [0.25, 0.3) is 0 Å². The van der Waals surface area contributed by atoms with E-state index in [0.29, 0.717) is 5.95 Å². The molecular weight excluding hydrogens is 236 g/mol. The predicted molar refractivity (Wildman–Crippen MR) is 79.2 cm³/mol. The summed E-state index contributed by atoms with van der Waals surface area (Å²) in [5.41, 5.74) is 9.44. The summed E-state index contributed by atoms with van der Waals surface area (Å²) in [6, 6.07) is 6.35. The number of aromatic nitrogens is 2. The van der Waals surface area contributed by atoms with Crippen molar-refractivity contribution in [3.8, 4) is 0 Å². The number of nitrogens with zero attached hydrogens (tertiary/aromatic N) is 3. The molecule has 0 saturated carbocycles. The number of aryl methyl sites for hydroxylation is 2. The van der Waals surface area contributed by atoms with Crippen LogP contribution in [0.4, 0.5) is 5.95 Å². The number of hydrogen-bond donors (Lipinski definition) is 1. The molecule has 0 radical (unpaired) electrons. The van der Waals surface area contributed by atoms with Crippen LogP contribution in [-0.2, 0) is 6.54 Å². The van der Waals surface area contributed by atoms with Crippen LogP contribution < -0.4 is 5.73 Å². The van der Waals surface area contributed by atoms with Crippen molar-refractivity contribution < 1.29 is 0 Å². The summed E-state index contributed by atoms with van der Waals surface area (Å²) in [5.74, 6) is 0.641. The highest BCUT2D eigenvalue weighted by Crippen LogP contribution is 2.19. The molecule has 1 saturated heterocycles. The van der Waals surface area contributed by atoms with Gasteiger partial charge in [0.15, 0.2) is 0 Å². The lowest BCUT2D eigenvalue weighted by atomic mass is 10.2. The van der Waals surface area contributed by atoms with Crippen molar-refractivity contribution in [1.29, 1.82) is 0 Å². The van der Waals surface area contributed by atoms with Crippen molar-refractivity contribution in [1.82, 2.24) is 14.5 Å². The first-order chi connectivity index (χ1) is 9.24. The Labute approximate surface area is 114 Å². The number of likely N-dealkylation sites (tertiary alicyclic amines) is 1. The van der Waals surface area contributed by atoms with Crippen LogP contribution in [0.5, 0.6) is 0 Å². The van der Waals surface area contributed by atoms with E-state index in [0.717, 1.165) is 24.0 Å². The van der Waals surface area contributed by atoms with Crippen LogP contribution in [0.1, 0.15) is 24.8 Å². The molecule has 4 heteroatoms. The predicted octanol–water partition coefficient (Wildman–Crippen LogP) is 2.41. The SMILES string of the molecule is Cc1ccc2c(c1)nc(N)n2CCCN1CCCC1. The number of nitrogens with two attached hydrogens (primary N) is 1. The summed E-state index contributed by atoms with van der Waals surface area (Å²) in [6.45, 7) is 6.74. The third kappa shape index (κ3) is 2.59. The van der Waals surface area contributed by atoms with E-state index in [9.17, 15) is 0 Å². The lowest BCUT2D eigenvalue weighted by molar-refractivity contribution is 0.326. The molecule has 0 atom stereocenters. The van der Waals surface area contributed by atoms with Gasteiger partial charge >= 0.3 is 0 Å². The second-order valence-electron chi connectivity index (χ2n) is 5.52. The number of nitrogen functional groups attached to an aromatic ring is 1. The number of benzene rings is 1. The first-order valence-corrected chi connectivity index (χ1v) is 7.19. The Morgan fingerprint density at radius 2 is 2.00 bits per heavy atom. The zero-order valence-corrected chi connectivity index (χ0v) is 11.6. The largest absolute Gasteiger partial charge is 0.369 e. The summed E-state index contributed by atoms with van der Waals surface area (Å²) in [5, 5.41) is 0. The Morgan fingerprint density at radius 3 is 2.79 bits per heavy atom. The molecule has 1 aromatic heterocycles. The monoisotopic (exact) mass is 258 g/mol. The molecule has 1 aliphatic rings. The van der Waals surface area contributed by atoms with Crippen LogP contribution in [0.25, 0.3) is 11.0 Å². The highest BCUT2D eigenvalue weighted by atomic mass is 15.2. The van der Waals surface area contributed by atoms with Gasteiger partial charge in [-0.3, -0.25) is 0 Å². The summed E-state index contributed by atoms with van der Waals surface area (Å²) in [6.07, 6.45) is 3.86. The number of imidazole rings is 1. The van der Waals surface area contributed by atoms with Crippen molar-refractivity contribution >= 4 is 17.0 Å². The van der Waals surface area contributed by atoms with E-state index in [4.69, 9.17) is 5.73 Å². The Morgan fingerprint density at radius 1 is 1.21 bits per heavy atom. The quantitative estimate of drug-likeness (QED) is 0.916. The minimum absolute atomic E-state index is 0.641. The minimum atomic E-state index is 0.641. The standard InChI is InChI=1S/C15H22N4/c1-12-5-6-14-13(11-12)17-15(16)19(14)10-4-9-18-7-2-3-8-18/h5-6,11H,2-4,7-10H2,1H3,(H2,16,17). The van der Waals surface area contributed by atoms with E-state index < -0.39 is 0 Å². The number of rotatable bonds is 4. The Balaban J connectivity index is 1.71. The van der Waals surface area contributed by atoms with Crippen molar-refractivity contribution in [3.05, 3.63) is 23.8 Å². The van der Waals surface area contributed by atoms with E-state index in [-0.39, 0.29) is 0 Å². The van der Waals surface area contributed by atoms with Gasteiger partial charge in [-0.15, -0.1) is 0 Å². The topological polar surface area (TPSA) is 47.1 Å². The zero-order valence-electron chi connectivity index (χ0n) is 11.6. The number of hydrogen-bond acceptors (Lipinski definition) is 3. The van der Waals surface area contributed by atoms with E-state index in [1.807, 2.05) is 0 Å². The minimum Gasteiger partial charge on any atom is -0.369 e. The fourth-order valence-corrected chi connectivity index (χ4v) is 2.95. The molecule has 0 aliphatic carbocycles. The van der Waals surface area contributed by atoms with Crippen LogP contribution in [0, 0.1) is 6.92 Å². The lowest BCUT2D eigenvalue weighted by Crippen LogP contribution is -2.21. The number of anilines is 1. The molecule has 1 aliphatic heterocycles. The third-order valence-electron chi connectivity index (χ3n) is 3.99. The molecule has 2 N–H and O–H groups in total. The van der Waals surface area contributed by atoms with Crippen LogP contribution in [0.15, 0.2) is 18.2 Å². The first kappa shape index (κ1) is 12.5. The number of fused-ring (bicyclic) bond motifs is 1. The van der Waals surface area contributed by atoms with Crippen molar-refractivity contribution in [2.75, 3.05) is 25.4 Å². The zero-order chi connectivity index (χ0) is 13.2. The molecular formula is C15H22N4. The fraction of sp³-hybridized carbons (Fsp3) is 0.533. The Bertz CT molecular complexity index is 567. The molecule has 0 unspecified atom stereocenters. The van der Waals surface area contributed by atoms with Gasteiger partial charge in [-0.05, 0) is 63.5 Å². The van der Waals surface area contributed by atoms with Gasteiger partial charge in [-0.1, -0.05) is 6.07 Å². The van der Waals surface area contributed by atoms with Gasteiger partial charge < -0.3 is 15.2 Å². The smallest absolute Gasteiger partial charge is 0.201 e. The van der Waals surface area contributed by atoms with Gasteiger partial charge in [0.2, 0.25) is 5.95 Å². The molecule has 4 nitrogen and oxygen atoms in total. The molecule has 0 amide bonds. The first-order valence-electron chi connectivity index (χ1n) is 7.19. The Kier molecular flexibility index (Phi) is 3.42. The fourth-order valence-electron chi connectivity index (χ4n) is 2.95. The molecule has 19 heavy (non-hydrogen) atoms.